The van der Waals surface area contributed by atoms with Crippen LogP contribution in [0.5, 0.6) is 0 Å². The highest BCUT2D eigenvalue weighted by molar-refractivity contribution is 7.09. The number of ketones is 1. The highest BCUT2D eigenvalue weighted by Crippen LogP contribution is 2.15. The molecule has 0 saturated heterocycles. The minimum atomic E-state index is -0.326. The number of unbranched alkanes of at least 4 members (excludes halogenated alkanes) is 16. The van der Waals surface area contributed by atoms with E-state index in [0.29, 0.717) is 13.0 Å². The average molecular weight is 430 g/mol. The molecule has 4 heteroatoms. The minimum Gasteiger partial charge on any atom is -0.549 e. The molecular weight excluding hydrogens is 377 g/mol. The Hall–Kier alpha value is 0.0200. The van der Waals surface area contributed by atoms with E-state index < -0.39 is 0 Å². The Morgan fingerprint density at radius 1 is 0.690 bits per heavy atom. The van der Waals surface area contributed by atoms with E-state index >= 15 is 0 Å². The molecule has 0 aliphatic carbocycles. The van der Waals surface area contributed by atoms with Crippen LogP contribution in [-0.2, 0) is 9.32 Å². The zero-order valence-corrected chi connectivity index (χ0v) is 21.3. The number of hydrogen-bond donors (Lipinski definition) is 0. The molecule has 0 aromatic heterocycles. The Morgan fingerprint density at radius 3 is 1.34 bits per heavy atom. The Kier molecular flexibility index (Phi) is 20.0. The van der Waals surface area contributed by atoms with Gasteiger partial charge in [0.15, 0.2) is 5.78 Å². The summed E-state index contributed by atoms with van der Waals surface area (Å²) < 4.78 is 5.95. The first-order valence-electron chi connectivity index (χ1n) is 12.6. The second-order valence-corrected chi connectivity index (χ2v) is 10.2. The van der Waals surface area contributed by atoms with Crippen LogP contribution in [0.1, 0.15) is 122 Å². The van der Waals surface area contributed by atoms with Gasteiger partial charge in [-0.25, -0.2) is 0 Å². The molecule has 0 N–H and O–H groups in total. The molecule has 0 heterocycles. The normalized spacial score (nSPS) is 13.0. The van der Waals surface area contributed by atoms with E-state index in [0.717, 1.165) is 10.9 Å². The van der Waals surface area contributed by atoms with Crippen LogP contribution < -0.4 is 0 Å². The summed E-state index contributed by atoms with van der Waals surface area (Å²) in [6, 6.07) is 0. The van der Waals surface area contributed by atoms with Crippen molar-refractivity contribution in [3.8, 4) is 0 Å². The molecule has 0 aromatic carbocycles. The second kappa shape index (κ2) is 20.0. The van der Waals surface area contributed by atoms with Crippen molar-refractivity contribution in [3.05, 3.63) is 0 Å². The van der Waals surface area contributed by atoms with E-state index in [9.17, 15) is 4.79 Å². The van der Waals surface area contributed by atoms with Crippen LogP contribution >= 0.6 is 9.47 Å². The van der Waals surface area contributed by atoms with Crippen LogP contribution in [0, 0.1) is 0 Å². The molecule has 29 heavy (non-hydrogen) atoms. The molecule has 1 unspecified atom stereocenters. The van der Waals surface area contributed by atoms with Gasteiger partial charge < -0.3 is 18.5 Å². The molecule has 0 bridgehead atoms. The van der Waals surface area contributed by atoms with Crippen molar-refractivity contribution in [1.29, 1.82) is 0 Å². The summed E-state index contributed by atoms with van der Waals surface area (Å²) in [5.41, 5.74) is 0. The lowest BCUT2D eigenvalue weighted by molar-refractivity contribution is -0.872. The monoisotopic (exact) mass is 429 g/mol. The van der Waals surface area contributed by atoms with Crippen LogP contribution in [0.3, 0.4) is 0 Å². The number of carbonyl (C=O) groups is 1. The van der Waals surface area contributed by atoms with Gasteiger partial charge in [-0.3, -0.25) is 4.79 Å². The van der Waals surface area contributed by atoms with Crippen LogP contribution in [-0.4, -0.2) is 44.1 Å². The highest BCUT2D eigenvalue weighted by Gasteiger charge is 2.21. The maximum Gasteiger partial charge on any atom is 0.164 e. The number of nitrogens with zero attached hydrogens (tertiary/aromatic N) is 1. The molecule has 174 valence electrons. The third-order valence-electron chi connectivity index (χ3n) is 5.74. The molecule has 0 fully saturated rings. The fourth-order valence-corrected chi connectivity index (χ4v) is 4.09. The Morgan fingerprint density at radius 2 is 1.03 bits per heavy atom. The van der Waals surface area contributed by atoms with Gasteiger partial charge in [0.05, 0.1) is 21.1 Å². The Bertz CT molecular complexity index is 368. The topological polar surface area (TPSA) is 26.3 Å². The first-order chi connectivity index (χ1) is 13.9. The first-order valence-corrected chi connectivity index (χ1v) is 13.0. The van der Waals surface area contributed by atoms with Crippen LogP contribution in [0.15, 0.2) is 0 Å². The van der Waals surface area contributed by atoms with Gasteiger partial charge in [-0.15, -0.1) is 0 Å². The van der Waals surface area contributed by atoms with Gasteiger partial charge in [-0.1, -0.05) is 110 Å². The van der Waals surface area contributed by atoms with Crippen molar-refractivity contribution in [2.45, 2.75) is 129 Å². The smallest absolute Gasteiger partial charge is 0.164 e. The lowest BCUT2D eigenvalue weighted by Crippen LogP contribution is -2.44. The standard InChI is InChI=1S/C25H52NO2P/c1-5-6-7-8-9-10-11-12-13-14-15-16-17-18-19-20-21-22-24(27)25(28-29)23-26(2,3)4/h25,29H,5-23H2,1-4H3. The predicted molar refractivity (Wildman–Crippen MR) is 130 cm³/mol. The lowest BCUT2D eigenvalue weighted by Gasteiger charge is -2.30. The summed E-state index contributed by atoms with van der Waals surface area (Å²) in [5, 5.41) is 0. The molecule has 0 amide bonds. The van der Waals surface area contributed by atoms with E-state index in [1.54, 1.807) is 0 Å². The van der Waals surface area contributed by atoms with E-state index in [1.807, 2.05) is 0 Å². The molecule has 0 saturated carbocycles. The van der Waals surface area contributed by atoms with Gasteiger partial charge in [0.25, 0.3) is 0 Å². The molecule has 0 spiro atoms. The van der Waals surface area contributed by atoms with E-state index in [2.05, 4.69) is 37.5 Å². The Balaban J connectivity index is 3.34. The van der Waals surface area contributed by atoms with Gasteiger partial charge in [-0.2, -0.15) is 0 Å². The number of hydrogen-bond acceptors (Lipinski definition) is 2. The van der Waals surface area contributed by atoms with Crippen molar-refractivity contribution in [2.24, 2.45) is 0 Å². The minimum absolute atomic E-state index is 0.231. The van der Waals surface area contributed by atoms with Gasteiger partial charge >= 0.3 is 0 Å². The fraction of sp³-hybridized carbons (Fsp3) is 0.960. The molecule has 1 atom stereocenters. The SMILES string of the molecule is CCCCCCCCCCCCCCCCCCCC(=O)C(C[N+](C)(C)C)O[PH-]. The average Bonchev–Trinajstić information content (AvgIpc) is 2.67. The molecular formula is C25H52NO2P. The fourth-order valence-electron chi connectivity index (χ4n) is 3.89. The first kappa shape index (κ1) is 29.0. The summed E-state index contributed by atoms with van der Waals surface area (Å²) >= 11 is 0. The second-order valence-electron chi connectivity index (χ2n) is 9.95. The molecule has 0 aromatic rings. The number of likely N-dealkylation sites (N-methyl/N-ethyl adjacent to an activating group) is 1. The third-order valence-corrected chi connectivity index (χ3v) is 6.03. The van der Waals surface area contributed by atoms with Crippen molar-refractivity contribution < 1.29 is 13.8 Å². The van der Waals surface area contributed by atoms with E-state index in [4.69, 9.17) is 4.52 Å². The number of Topliss-reactive ketones (excluding diaryl/α,β-unsaturated/α-hetero) is 1. The number of carbonyl (C=O) groups excluding carboxylic acids is 1. The van der Waals surface area contributed by atoms with Crippen molar-refractivity contribution in [3.63, 3.8) is 0 Å². The maximum absolute atomic E-state index is 12.2. The molecule has 0 aliphatic rings. The zero-order valence-electron chi connectivity index (χ0n) is 20.3. The van der Waals surface area contributed by atoms with Gasteiger partial charge in [0.2, 0.25) is 0 Å². The Labute approximate surface area is 185 Å². The van der Waals surface area contributed by atoms with Gasteiger partial charge in [0.1, 0.15) is 12.6 Å². The van der Waals surface area contributed by atoms with Crippen LogP contribution in [0.2, 0.25) is 0 Å². The van der Waals surface area contributed by atoms with Crippen LogP contribution in [0.25, 0.3) is 0 Å². The van der Waals surface area contributed by atoms with Crippen molar-refractivity contribution in [2.75, 3.05) is 27.7 Å². The largest absolute Gasteiger partial charge is 0.549 e. The van der Waals surface area contributed by atoms with E-state index in [-0.39, 0.29) is 11.9 Å². The molecule has 0 aliphatic heterocycles. The van der Waals surface area contributed by atoms with Crippen LogP contribution in [0.4, 0.5) is 0 Å². The summed E-state index contributed by atoms with van der Waals surface area (Å²) in [7, 11) is 9.33. The van der Waals surface area contributed by atoms with Crippen molar-refractivity contribution in [1.82, 2.24) is 0 Å². The number of rotatable bonds is 22. The van der Waals surface area contributed by atoms with Gasteiger partial charge in [-0.05, 0) is 6.42 Å². The van der Waals surface area contributed by atoms with Gasteiger partial charge in [0, 0.05) is 6.42 Å². The summed E-state index contributed by atoms with van der Waals surface area (Å²) in [6.07, 6.45) is 23.5. The quantitative estimate of drug-likeness (QED) is 0.0999. The highest BCUT2D eigenvalue weighted by atomic mass is 31.0. The van der Waals surface area contributed by atoms with E-state index in [1.165, 1.54) is 103 Å². The maximum atomic E-state index is 12.2. The lowest BCUT2D eigenvalue weighted by atomic mass is 10.0. The van der Waals surface area contributed by atoms with Crippen molar-refractivity contribution >= 4 is 15.2 Å². The molecule has 0 rings (SSSR count). The summed E-state index contributed by atoms with van der Waals surface area (Å²) in [5.74, 6) is 0.231. The number of quaternary nitrogens is 1. The summed E-state index contributed by atoms with van der Waals surface area (Å²) in [6.45, 7) is 2.99. The zero-order chi connectivity index (χ0) is 21.8. The predicted octanol–water partition coefficient (Wildman–Crippen LogP) is 7.75. The summed E-state index contributed by atoms with van der Waals surface area (Å²) in [4.78, 5) is 12.2. The molecule has 0 radical (unpaired) electrons. The third kappa shape index (κ3) is 21.1. The molecule has 3 nitrogen and oxygen atoms in total.